The highest BCUT2D eigenvalue weighted by Gasteiger charge is 2.08. The van der Waals surface area contributed by atoms with E-state index in [1.54, 1.807) is 0 Å². The Bertz CT molecular complexity index is 412. The van der Waals surface area contributed by atoms with Crippen molar-refractivity contribution >= 4 is 0 Å². The van der Waals surface area contributed by atoms with E-state index >= 15 is 0 Å². The average molecular weight is 562 g/mol. The second-order valence-electron chi connectivity index (χ2n) is 13.7. The summed E-state index contributed by atoms with van der Waals surface area (Å²) in [6.07, 6.45) is 52.6. The maximum atomic E-state index is 4.04. The zero-order valence-electron chi connectivity index (χ0n) is 28.7. The predicted octanol–water partition coefficient (Wildman–Crippen LogP) is 15.5. The quantitative estimate of drug-likeness (QED) is 0.0667. The standard InChI is InChI=1S/C40H81/c1-4-7-10-13-15-17-19-21-22-23-25-27-29-31-33-36-39-40(37-34-12-9-6-3)38-35-32-30-28-26-24-20-18-16-14-11-8-5-2/h40H,3-39H2,1-2H3. The fourth-order valence-electron chi connectivity index (χ4n) is 6.65. The lowest BCUT2D eigenvalue weighted by atomic mass is 9.89. The Morgan fingerprint density at radius 2 is 0.475 bits per heavy atom. The molecule has 241 valence electrons. The van der Waals surface area contributed by atoms with E-state index in [4.69, 9.17) is 0 Å². The van der Waals surface area contributed by atoms with Crippen molar-refractivity contribution in [3.63, 3.8) is 0 Å². The Hall–Kier alpha value is 0. The summed E-state index contributed by atoms with van der Waals surface area (Å²) in [6.45, 7) is 8.67. The molecule has 0 aliphatic heterocycles. The molecule has 0 bridgehead atoms. The second kappa shape index (κ2) is 37.0. The first kappa shape index (κ1) is 40.0. The molecular weight excluding hydrogens is 480 g/mol. The van der Waals surface area contributed by atoms with Gasteiger partial charge in [-0.1, -0.05) is 252 Å². The predicted molar refractivity (Wildman–Crippen MR) is 186 cm³/mol. The largest absolute Gasteiger partial charge is 0.0654 e. The molecule has 0 fully saturated rings. The molecule has 0 nitrogen and oxygen atoms in total. The molecule has 0 saturated carbocycles. The van der Waals surface area contributed by atoms with Crippen LogP contribution in [0.1, 0.15) is 245 Å². The minimum absolute atomic E-state index is 1.02. The van der Waals surface area contributed by atoms with E-state index in [9.17, 15) is 0 Å². The SMILES string of the molecule is [CH2]CCCCCC(CCCCCCCCCCCCCCC)CCCCCCCCCCCCCCCCCC. The molecule has 0 heterocycles. The molecule has 0 heteroatoms. The van der Waals surface area contributed by atoms with Gasteiger partial charge < -0.3 is 0 Å². The molecule has 0 aromatic carbocycles. The van der Waals surface area contributed by atoms with Gasteiger partial charge in [0.25, 0.3) is 0 Å². The van der Waals surface area contributed by atoms with Gasteiger partial charge in [-0.15, -0.1) is 0 Å². The van der Waals surface area contributed by atoms with E-state index in [2.05, 4.69) is 20.8 Å². The number of hydrogen-bond acceptors (Lipinski definition) is 0. The van der Waals surface area contributed by atoms with Gasteiger partial charge in [0.2, 0.25) is 0 Å². The van der Waals surface area contributed by atoms with Crippen molar-refractivity contribution in [1.29, 1.82) is 0 Å². The molecule has 0 aromatic heterocycles. The maximum Gasteiger partial charge on any atom is -0.0414 e. The van der Waals surface area contributed by atoms with Crippen LogP contribution < -0.4 is 0 Å². The van der Waals surface area contributed by atoms with Crippen molar-refractivity contribution in [2.45, 2.75) is 245 Å². The van der Waals surface area contributed by atoms with Crippen LogP contribution in [0.5, 0.6) is 0 Å². The molecule has 0 aromatic rings. The van der Waals surface area contributed by atoms with Crippen LogP contribution in [0.2, 0.25) is 0 Å². The number of hydrogen-bond donors (Lipinski definition) is 0. The normalized spacial score (nSPS) is 12.4. The molecule has 40 heavy (non-hydrogen) atoms. The Balaban J connectivity index is 3.61. The molecule has 0 aliphatic carbocycles. The lowest BCUT2D eigenvalue weighted by molar-refractivity contribution is 0.366. The van der Waals surface area contributed by atoms with Gasteiger partial charge in [-0.25, -0.2) is 0 Å². The molecule has 0 spiro atoms. The molecule has 0 rings (SSSR count). The zero-order valence-corrected chi connectivity index (χ0v) is 28.7. The molecule has 1 atom stereocenters. The van der Waals surface area contributed by atoms with Crippen molar-refractivity contribution < 1.29 is 0 Å². The summed E-state index contributed by atoms with van der Waals surface area (Å²) < 4.78 is 0. The Labute approximate surface area is 257 Å². The lowest BCUT2D eigenvalue weighted by Gasteiger charge is -2.17. The van der Waals surface area contributed by atoms with E-state index < -0.39 is 0 Å². The average Bonchev–Trinajstić information content (AvgIpc) is 2.97. The van der Waals surface area contributed by atoms with Crippen molar-refractivity contribution in [3.05, 3.63) is 6.92 Å². The molecule has 0 N–H and O–H groups in total. The zero-order chi connectivity index (χ0) is 29.0. The maximum absolute atomic E-state index is 4.04. The third kappa shape index (κ3) is 34.2. The second-order valence-corrected chi connectivity index (χ2v) is 13.7. The molecule has 1 unspecified atom stereocenters. The van der Waals surface area contributed by atoms with Gasteiger partial charge in [-0.3, -0.25) is 0 Å². The minimum atomic E-state index is 1.02. The first-order valence-corrected chi connectivity index (χ1v) is 19.6. The van der Waals surface area contributed by atoms with Crippen LogP contribution in [-0.2, 0) is 0 Å². The molecule has 0 amide bonds. The van der Waals surface area contributed by atoms with Gasteiger partial charge in [0.15, 0.2) is 0 Å². The fourth-order valence-corrected chi connectivity index (χ4v) is 6.65. The van der Waals surface area contributed by atoms with Crippen molar-refractivity contribution in [2.75, 3.05) is 0 Å². The van der Waals surface area contributed by atoms with Gasteiger partial charge in [0, 0.05) is 0 Å². The van der Waals surface area contributed by atoms with Crippen LogP contribution in [0.15, 0.2) is 0 Å². The topological polar surface area (TPSA) is 0 Å². The summed E-state index contributed by atoms with van der Waals surface area (Å²) in [5, 5.41) is 0. The highest BCUT2D eigenvalue weighted by atomic mass is 14.1. The van der Waals surface area contributed by atoms with Crippen LogP contribution in [0.4, 0.5) is 0 Å². The van der Waals surface area contributed by atoms with Gasteiger partial charge >= 0.3 is 0 Å². The molecular formula is C40H81. The van der Waals surface area contributed by atoms with Crippen LogP contribution in [0, 0.1) is 12.8 Å². The first-order chi connectivity index (χ1) is 19.8. The first-order valence-electron chi connectivity index (χ1n) is 19.6. The molecule has 1 radical (unpaired) electrons. The van der Waals surface area contributed by atoms with Crippen LogP contribution in [0.3, 0.4) is 0 Å². The van der Waals surface area contributed by atoms with E-state index in [0.717, 1.165) is 12.3 Å². The van der Waals surface area contributed by atoms with Crippen molar-refractivity contribution in [3.8, 4) is 0 Å². The van der Waals surface area contributed by atoms with E-state index in [-0.39, 0.29) is 0 Å². The summed E-state index contributed by atoms with van der Waals surface area (Å²) in [4.78, 5) is 0. The summed E-state index contributed by atoms with van der Waals surface area (Å²) in [6, 6.07) is 0. The number of rotatable bonds is 36. The van der Waals surface area contributed by atoms with Gasteiger partial charge in [-0.2, -0.15) is 0 Å². The third-order valence-corrected chi connectivity index (χ3v) is 9.54. The summed E-state index contributed by atoms with van der Waals surface area (Å²) >= 11 is 0. The fraction of sp³-hybridized carbons (Fsp3) is 0.975. The van der Waals surface area contributed by atoms with Crippen LogP contribution >= 0.6 is 0 Å². The summed E-state index contributed by atoms with van der Waals surface area (Å²) in [5.41, 5.74) is 0. The van der Waals surface area contributed by atoms with Crippen molar-refractivity contribution in [2.24, 2.45) is 5.92 Å². The van der Waals surface area contributed by atoms with E-state index in [0.29, 0.717) is 0 Å². The van der Waals surface area contributed by atoms with E-state index in [1.807, 2.05) is 0 Å². The van der Waals surface area contributed by atoms with Crippen molar-refractivity contribution in [1.82, 2.24) is 0 Å². The van der Waals surface area contributed by atoms with Gasteiger partial charge in [0.05, 0.1) is 0 Å². The Morgan fingerprint density at radius 1 is 0.275 bits per heavy atom. The van der Waals surface area contributed by atoms with E-state index in [1.165, 1.54) is 225 Å². The lowest BCUT2D eigenvalue weighted by Crippen LogP contribution is -2.01. The highest BCUT2D eigenvalue weighted by Crippen LogP contribution is 2.25. The summed E-state index contributed by atoms with van der Waals surface area (Å²) in [7, 11) is 0. The third-order valence-electron chi connectivity index (χ3n) is 9.54. The van der Waals surface area contributed by atoms with Crippen LogP contribution in [-0.4, -0.2) is 0 Å². The smallest absolute Gasteiger partial charge is 0.0414 e. The minimum Gasteiger partial charge on any atom is -0.0654 e. The monoisotopic (exact) mass is 562 g/mol. The highest BCUT2D eigenvalue weighted by molar-refractivity contribution is 4.62. The Kier molecular flexibility index (Phi) is 37.0. The summed E-state index contributed by atoms with van der Waals surface area (Å²) in [5.74, 6) is 1.02. The molecule has 0 saturated heterocycles. The van der Waals surface area contributed by atoms with Crippen LogP contribution in [0.25, 0.3) is 0 Å². The number of unbranched alkanes of at least 4 members (excludes halogenated alkanes) is 30. The Morgan fingerprint density at radius 3 is 0.700 bits per heavy atom. The van der Waals surface area contributed by atoms with Gasteiger partial charge in [0.1, 0.15) is 0 Å². The van der Waals surface area contributed by atoms with Gasteiger partial charge in [-0.05, 0) is 5.92 Å². The molecule has 0 aliphatic rings.